The summed E-state index contributed by atoms with van der Waals surface area (Å²) in [6.07, 6.45) is 0. The number of rotatable bonds is 1. The summed E-state index contributed by atoms with van der Waals surface area (Å²) in [4.78, 5) is 14.3. The van der Waals surface area contributed by atoms with Crippen LogP contribution >= 0.6 is 11.6 Å². The molecule has 16 heavy (non-hydrogen) atoms. The molecule has 0 unspecified atom stereocenters. The molecule has 0 amide bonds. The van der Waals surface area contributed by atoms with Crippen molar-refractivity contribution in [3.05, 3.63) is 38.9 Å². The highest BCUT2D eigenvalue weighted by Crippen LogP contribution is 2.29. The Bertz CT molecular complexity index is 598. The van der Waals surface area contributed by atoms with Gasteiger partial charge in [-0.3, -0.25) is 10.1 Å². The fraction of sp³-hybridized carbons (Fsp3) is 0.100. The summed E-state index contributed by atoms with van der Waals surface area (Å²) in [6, 6.07) is 4.43. The van der Waals surface area contributed by atoms with Gasteiger partial charge in [0.05, 0.1) is 15.5 Å². The Balaban J connectivity index is 2.82. The molecule has 0 saturated carbocycles. The second-order valence-corrected chi connectivity index (χ2v) is 3.85. The molecule has 0 atom stereocenters. The second-order valence-electron chi connectivity index (χ2n) is 3.45. The molecule has 82 valence electrons. The number of nitro benzene ring substituents is 1. The van der Waals surface area contributed by atoms with Crippen molar-refractivity contribution in [1.82, 2.24) is 4.98 Å². The number of nitro groups is 1. The van der Waals surface area contributed by atoms with Crippen LogP contribution in [0.1, 0.15) is 5.56 Å². The fourth-order valence-electron chi connectivity index (χ4n) is 1.45. The lowest BCUT2D eigenvalue weighted by molar-refractivity contribution is -0.384. The molecule has 6 heteroatoms. The standard InChI is InChI=1S/C10H8ClN3O2/c1-5-2-6-3-7(14(15)16)4-8(11)9(6)13-10(5)12/h2-4H,1H3,(H2,12,13). The summed E-state index contributed by atoms with van der Waals surface area (Å²) in [7, 11) is 0. The maximum Gasteiger partial charge on any atom is 0.271 e. The van der Waals surface area contributed by atoms with Crippen LogP contribution in [0.3, 0.4) is 0 Å². The first-order chi connectivity index (χ1) is 7.49. The third-order valence-corrected chi connectivity index (χ3v) is 2.58. The average Bonchev–Trinajstić information content (AvgIpc) is 2.20. The first-order valence-electron chi connectivity index (χ1n) is 4.50. The molecular weight excluding hydrogens is 230 g/mol. The molecule has 1 aromatic heterocycles. The summed E-state index contributed by atoms with van der Waals surface area (Å²) >= 11 is 5.91. The van der Waals surface area contributed by atoms with Gasteiger partial charge in [-0.05, 0) is 18.6 Å². The Morgan fingerprint density at radius 1 is 1.44 bits per heavy atom. The van der Waals surface area contributed by atoms with Gasteiger partial charge < -0.3 is 5.73 Å². The predicted octanol–water partition coefficient (Wildman–Crippen LogP) is 2.69. The van der Waals surface area contributed by atoms with E-state index in [4.69, 9.17) is 17.3 Å². The van der Waals surface area contributed by atoms with Crippen LogP contribution in [0.5, 0.6) is 0 Å². The lowest BCUT2D eigenvalue weighted by atomic mass is 10.1. The number of nitrogens with zero attached hydrogens (tertiary/aromatic N) is 2. The number of nitrogen functional groups attached to an aromatic ring is 1. The van der Waals surface area contributed by atoms with E-state index in [0.717, 1.165) is 5.56 Å². The summed E-state index contributed by atoms with van der Waals surface area (Å²) in [5, 5.41) is 11.5. The van der Waals surface area contributed by atoms with Crippen molar-refractivity contribution in [1.29, 1.82) is 0 Å². The molecule has 1 aromatic carbocycles. The summed E-state index contributed by atoms with van der Waals surface area (Å²) < 4.78 is 0. The normalized spacial score (nSPS) is 10.6. The summed E-state index contributed by atoms with van der Waals surface area (Å²) in [6.45, 7) is 1.79. The van der Waals surface area contributed by atoms with Gasteiger partial charge in [0.1, 0.15) is 5.82 Å². The number of aryl methyl sites for hydroxylation is 1. The van der Waals surface area contributed by atoms with Crippen molar-refractivity contribution in [3.63, 3.8) is 0 Å². The molecule has 2 N–H and O–H groups in total. The highest BCUT2D eigenvalue weighted by atomic mass is 35.5. The van der Waals surface area contributed by atoms with Gasteiger partial charge in [0.25, 0.3) is 5.69 Å². The summed E-state index contributed by atoms with van der Waals surface area (Å²) in [5.74, 6) is 0.378. The number of pyridine rings is 1. The second kappa shape index (κ2) is 3.61. The number of hydrogen-bond donors (Lipinski definition) is 1. The predicted molar refractivity (Wildman–Crippen MR) is 62.6 cm³/mol. The Morgan fingerprint density at radius 2 is 2.12 bits per heavy atom. The van der Waals surface area contributed by atoms with E-state index >= 15 is 0 Å². The largest absolute Gasteiger partial charge is 0.383 e. The van der Waals surface area contributed by atoms with E-state index in [0.29, 0.717) is 16.7 Å². The van der Waals surface area contributed by atoms with E-state index in [2.05, 4.69) is 4.98 Å². The molecule has 1 heterocycles. The molecule has 0 aliphatic rings. The Morgan fingerprint density at radius 3 is 2.75 bits per heavy atom. The van der Waals surface area contributed by atoms with Gasteiger partial charge >= 0.3 is 0 Å². The van der Waals surface area contributed by atoms with Crippen molar-refractivity contribution >= 4 is 34.0 Å². The third-order valence-electron chi connectivity index (χ3n) is 2.30. The van der Waals surface area contributed by atoms with E-state index in [9.17, 15) is 10.1 Å². The summed E-state index contributed by atoms with van der Waals surface area (Å²) in [5.41, 5.74) is 6.85. The molecule has 0 saturated heterocycles. The van der Waals surface area contributed by atoms with Crippen LogP contribution in [0.2, 0.25) is 5.02 Å². The van der Waals surface area contributed by atoms with E-state index in [-0.39, 0.29) is 10.7 Å². The van der Waals surface area contributed by atoms with Crippen LogP contribution in [0.25, 0.3) is 10.9 Å². The van der Waals surface area contributed by atoms with Gasteiger partial charge in [-0.1, -0.05) is 11.6 Å². The molecule has 0 bridgehead atoms. The smallest absolute Gasteiger partial charge is 0.271 e. The first kappa shape index (κ1) is 10.6. The lowest BCUT2D eigenvalue weighted by Crippen LogP contribution is -1.96. The molecule has 2 aromatic rings. The van der Waals surface area contributed by atoms with Gasteiger partial charge in [0, 0.05) is 17.5 Å². The van der Waals surface area contributed by atoms with Gasteiger partial charge in [0.15, 0.2) is 0 Å². The maximum absolute atomic E-state index is 10.7. The topological polar surface area (TPSA) is 82.0 Å². The Hall–Kier alpha value is -1.88. The zero-order valence-corrected chi connectivity index (χ0v) is 9.15. The van der Waals surface area contributed by atoms with Gasteiger partial charge in [-0.25, -0.2) is 4.98 Å². The van der Waals surface area contributed by atoms with Gasteiger partial charge in [-0.2, -0.15) is 0 Å². The number of halogens is 1. The van der Waals surface area contributed by atoms with Crippen LogP contribution in [-0.2, 0) is 0 Å². The van der Waals surface area contributed by atoms with Gasteiger partial charge in [0.2, 0.25) is 0 Å². The number of aromatic nitrogens is 1. The fourth-order valence-corrected chi connectivity index (χ4v) is 1.72. The maximum atomic E-state index is 10.7. The van der Waals surface area contributed by atoms with Crippen LogP contribution < -0.4 is 5.73 Å². The molecule has 0 aliphatic carbocycles. The Kier molecular flexibility index (Phi) is 2.40. The highest BCUT2D eigenvalue weighted by Gasteiger charge is 2.12. The minimum absolute atomic E-state index is 0.0523. The molecule has 5 nitrogen and oxygen atoms in total. The SMILES string of the molecule is Cc1cc2cc([N+](=O)[O-])cc(Cl)c2nc1N. The van der Waals surface area contributed by atoms with Crippen molar-refractivity contribution in [2.45, 2.75) is 6.92 Å². The minimum atomic E-state index is -0.489. The number of nitrogens with two attached hydrogens (primary N) is 1. The average molecular weight is 238 g/mol. The number of non-ortho nitro benzene ring substituents is 1. The van der Waals surface area contributed by atoms with Crippen molar-refractivity contribution in [3.8, 4) is 0 Å². The van der Waals surface area contributed by atoms with E-state index in [1.807, 2.05) is 0 Å². The minimum Gasteiger partial charge on any atom is -0.383 e. The first-order valence-corrected chi connectivity index (χ1v) is 4.87. The quantitative estimate of drug-likeness (QED) is 0.611. The zero-order valence-electron chi connectivity index (χ0n) is 8.40. The molecule has 0 aliphatic heterocycles. The highest BCUT2D eigenvalue weighted by molar-refractivity contribution is 6.35. The molecule has 2 rings (SSSR count). The number of fused-ring (bicyclic) bond motifs is 1. The van der Waals surface area contributed by atoms with Crippen molar-refractivity contribution in [2.75, 3.05) is 5.73 Å². The van der Waals surface area contributed by atoms with Crippen LogP contribution in [0.4, 0.5) is 11.5 Å². The monoisotopic (exact) mass is 237 g/mol. The van der Waals surface area contributed by atoms with Crippen molar-refractivity contribution < 1.29 is 4.92 Å². The number of anilines is 1. The Labute approximate surface area is 96.0 Å². The molecule has 0 fully saturated rings. The van der Waals surface area contributed by atoms with Crippen molar-refractivity contribution in [2.24, 2.45) is 0 Å². The molecule has 0 radical (unpaired) electrons. The molecular formula is C10H8ClN3O2. The lowest BCUT2D eigenvalue weighted by Gasteiger charge is -2.04. The van der Waals surface area contributed by atoms with Crippen LogP contribution in [-0.4, -0.2) is 9.91 Å². The number of hydrogen-bond acceptors (Lipinski definition) is 4. The van der Waals surface area contributed by atoms with E-state index in [1.165, 1.54) is 12.1 Å². The van der Waals surface area contributed by atoms with Crippen LogP contribution in [0.15, 0.2) is 18.2 Å². The molecule has 0 spiro atoms. The third kappa shape index (κ3) is 1.65. The zero-order chi connectivity index (χ0) is 11.9. The van der Waals surface area contributed by atoms with Crippen LogP contribution in [0, 0.1) is 17.0 Å². The van der Waals surface area contributed by atoms with E-state index < -0.39 is 4.92 Å². The number of benzene rings is 1. The van der Waals surface area contributed by atoms with E-state index in [1.54, 1.807) is 13.0 Å². The van der Waals surface area contributed by atoms with Gasteiger partial charge in [-0.15, -0.1) is 0 Å².